The van der Waals surface area contributed by atoms with Crippen molar-refractivity contribution in [2.45, 2.75) is 24.2 Å². The van der Waals surface area contributed by atoms with Crippen molar-refractivity contribution in [3.05, 3.63) is 0 Å². The van der Waals surface area contributed by atoms with Crippen LogP contribution < -0.4 is 5.32 Å². The van der Waals surface area contributed by atoms with Crippen LogP contribution in [-0.4, -0.2) is 36.7 Å². The van der Waals surface area contributed by atoms with Gasteiger partial charge in [0.25, 0.3) is 0 Å². The van der Waals surface area contributed by atoms with Gasteiger partial charge in [0.2, 0.25) is 5.91 Å². The highest BCUT2D eigenvalue weighted by atomic mass is 79.9. The SMILES string of the molecule is CC(Br)C(=O)NC1CCS(=O)(=O)C1. The summed E-state index contributed by atoms with van der Waals surface area (Å²) in [6, 6.07) is -0.197. The molecular weight excluding hydrogens is 258 g/mol. The minimum absolute atomic E-state index is 0.0818. The van der Waals surface area contributed by atoms with Crippen molar-refractivity contribution in [3.63, 3.8) is 0 Å². The highest BCUT2D eigenvalue weighted by molar-refractivity contribution is 9.10. The topological polar surface area (TPSA) is 63.2 Å². The van der Waals surface area contributed by atoms with Crippen LogP contribution in [-0.2, 0) is 14.6 Å². The van der Waals surface area contributed by atoms with E-state index in [2.05, 4.69) is 21.2 Å². The molecule has 1 rings (SSSR count). The van der Waals surface area contributed by atoms with Crippen LogP contribution in [0.1, 0.15) is 13.3 Å². The van der Waals surface area contributed by atoms with Crippen molar-refractivity contribution >= 4 is 31.7 Å². The van der Waals surface area contributed by atoms with E-state index in [0.717, 1.165) is 0 Å². The lowest BCUT2D eigenvalue weighted by Crippen LogP contribution is -2.39. The lowest BCUT2D eigenvalue weighted by Gasteiger charge is -2.11. The third kappa shape index (κ3) is 3.27. The van der Waals surface area contributed by atoms with Crippen LogP contribution >= 0.6 is 15.9 Å². The number of rotatable bonds is 2. The largest absolute Gasteiger partial charge is 0.351 e. The zero-order valence-electron chi connectivity index (χ0n) is 7.29. The molecule has 0 bridgehead atoms. The monoisotopic (exact) mass is 269 g/mol. The molecule has 13 heavy (non-hydrogen) atoms. The third-order valence-electron chi connectivity index (χ3n) is 1.94. The summed E-state index contributed by atoms with van der Waals surface area (Å²) in [6.07, 6.45) is 0.536. The van der Waals surface area contributed by atoms with Gasteiger partial charge in [0.1, 0.15) is 0 Å². The maximum atomic E-state index is 11.2. The van der Waals surface area contributed by atoms with E-state index in [9.17, 15) is 13.2 Å². The van der Waals surface area contributed by atoms with E-state index in [4.69, 9.17) is 0 Å². The minimum atomic E-state index is -2.90. The van der Waals surface area contributed by atoms with E-state index in [1.165, 1.54) is 0 Å². The third-order valence-corrected chi connectivity index (χ3v) is 4.12. The summed E-state index contributed by atoms with van der Waals surface area (Å²) in [6.45, 7) is 1.71. The standard InChI is InChI=1S/C7H12BrNO3S/c1-5(8)7(10)9-6-2-3-13(11,12)4-6/h5-6H,2-4H2,1H3,(H,9,10). The molecule has 1 aliphatic heterocycles. The Morgan fingerprint density at radius 1 is 1.62 bits per heavy atom. The number of carbonyl (C=O) groups is 1. The minimum Gasteiger partial charge on any atom is -0.351 e. The van der Waals surface area contributed by atoms with Crippen LogP contribution in [0.15, 0.2) is 0 Å². The van der Waals surface area contributed by atoms with E-state index in [1.807, 2.05) is 0 Å². The van der Waals surface area contributed by atoms with Crippen molar-refractivity contribution in [1.29, 1.82) is 0 Å². The summed E-state index contributed by atoms with van der Waals surface area (Å²) in [5.74, 6) is 0.120. The van der Waals surface area contributed by atoms with Gasteiger partial charge in [-0.05, 0) is 13.3 Å². The first-order valence-electron chi connectivity index (χ1n) is 4.05. The molecule has 0 aromatic rings. The zero-order valence-corrected chi connectivity index (χ0v) is 9.69. The molecule has 2 atom stereocenters. The maximum absolute atomic E-state index is 11.2. The number of carbonyl (C=O) groups excluding carboxylic acids is 1. The van der Waals surface area contributed by atoms with Gasteiger partial charge < -0.3 is 5.32 Å². The Balaban J connectivity index is 2.46. The molecular formula is C7H12BrNO3S. The van der Waals surface area contributed by atoms with E-state index >= 15 is 0 Å². The molecule has 2 unspecified atom stereocenters. The zero-order chi connectivity index (χ0) is 10.1. The molecule has 0 aromatic heterocycles. The number of alkyl halides is 1. The average molecular weight is 270 g/mol. The predicted molar refractivity (Wildman–Crippen MR) is 53.6 cm³/mol. The smallest absolute Gasteiger partial charge is 0.233 e. The fourth-order valence-corrected chi connectivity index (χ4v) is 3.03. The van der Waals surface area contributed by atoms with E-state index in [1.54, 1.807) is 6.92 Å². The Hall–Kier alpha value is -0.100. The van der Waals surface area contributed by atoms with Gasteiger partial charge in [-0.2, -0.15) is 0 Å². The van der Waals surface area contributed by atoms with Crippen LogP contribution in [0.25, 0.3) is 0 Å². The lowest BCUT2D eigenvalue weighted by atomic mass is 10.2. The summed E-state index contributed by atoms with van der Waals surface area (Å²) < 4.78 is 22.1. The molecule has 6 heteroatoms. The lowest BCUT2D eigenvalue weighted by molar-refractivity contribution is -0.120. The van der Waals surface area contributed by atoms with Crippen molar-refractivity contribution < 1.29 is 13.2 Å². The molecule has 4 nitrogen and oxygen atoms in total. The van der Waals surface area contributed by atoms with Gasteiger partial charge in [-0.15, -0.1) is 0 Å². The molecule has 1 amide bonds. The molecule has 0 spiro atoms. The van der Waals surface area contributed by atoms with Gasteiger partial charge in [0.05, 0.1) is 16.3 Å². The number of amides is 1. The number of nitrogens with one attached hydrogen (secondary N) is 1. The molecule has 0 aliphatic carbocycles. The van der Waals surface area contributed by atoms with Crippen LogP contribution in [0.5, 0.6) is 0 Å². The first-order chi connectivity index (χ1) is 5.91. The Morgan fingerprint density at radius 3 is 2.62 bits per heavy atom. The molecule has 1 N–H and O–H groups in total. The van der Waals surface area contributed by atoms with Gasteiger partial charge in [0, 0.05) is 6.04 Å². The van der Waals surface area contributed by atoms with Gasteiger partial charge in [-0.3, -0.25) is 4.79 Å². The number of sulfone groups is 1. The fourth-order valence-electron chi connectivity index (χ4n) is 1.22. The Morgan fingerprint density at radius 2 is 2.23 bits per heavy atom. The second kappa shape index (κ2) is 3.96. The second-order valence-corrected chi connectivity index (χ2v) is 6.83. The van der Waals surface area contributed by atoms with Gasteiger partial charge in [-0.25, -0.2) is 8.42 Å². The molecule has 1 saturated heterocycles. The Bertz CT molecular complexity index is 299. The quantitative estimate of drug-likeness (QED) is 0.722. The van der Waals surface area contributed by atoms with Crippen LogP contribution in [0.3, 0.4) is 0 Å². The molecule has 76 valence electrons. The second-order valence-electron chi connectivity index (χ2n) is 3.22. The highest BCUT2D eigenvalue weighted by Gasteiger charge is 2.29. The average Bonchev–Trinajstić information content (AvgIpc) is 2.30. The normalized spacial score (nSPS) is 28.3. The van der Waals surface area contributed by atoms with Crippen molar-refractivity contribution in [2.75, 3.05) is 11.5 Å². The first-order valence-corrected chi connectivity index (χ1v) is 6.79. The summed E-state index contributed by atoms with van der Waals surface area (Å²) in [5, 5.41) is 2.67. The van der Waals surface area contributed by atoms with Crippen molar-refractivity contribution in [3.8, 4) is 0 Å². The number of hydrogen-bond donors (Lipinski definition) is 1. The maximum Gasteiger partial charge on any atom is 0.233 e. The number of hydrogen-bond acceptors (Lipinski definition) is 3. The molecule has 0 radical (unpaired) electrons. The molecule has 1 heterocycles. The van der Waals surface area contributed by atoms with E-state index < -0.39 is 9.84 Å². The summed E-state index contributed by atoms with van der Waals surface area (Å²) in [4.78, 5) is 10.9. The molecule has 1 fully saturated rings. The first kappa shape index (κ1) is 11.0. The van der Waals surface area contributed by atoms with E-state index in [-0.39, 0.29) is 28.3 Å². The summed E-state index contributed by atoms with van der Waals surface area (Å²) in [5.41, 5.74) is 0. The summed E-state index contributed by atoms with van der Waals surface area (Å²) in [7, 11) is -2.90. The van der Waals surface area contributed by atoms with Crippen LogP contribution in [0.2, 0.25) is 0 Å². The van der Waals surface area contributed by atoms with E-state index in [0.29, 0.717) is 6.42 Å². The van der Waals surface area contributed by atoms with Gasteiger partial charge in [-0.1, -0.05) is 15.9 Å². The van der Waals surface area contributed by atoms with Crippen molar-refractivity contribution in [1.82, 2.24) is 5.32 Å². The fraction of sp³-hybridized carbons (Fsp3) is 0.857. The predicted octanol–water partition coefficient (Wildman–Crippen LogP) is 0.0731. The Labute approximate surface area is 86.1 Å². The van der Waals surface area contributed by atoms with Gasteiger partial charge in [0.15, 0.2) is 9.84 Å². The molecule has 1 aliphatic rings. The Kier molecular flexibility index (Phi) is 3.34. The molecule has 0 aromatic carbocycles. The van der Waals surface area contributed by atoms with Gasteiger partial charge >= 0.3 is 0 Å². The highest BCUT2D eigenvalue weighted by Crippen LogP contribution is 2.11. The van der Waals surface area contributed by atoms with Crippen LogP contribution in [0.4, 0.5) is 0 Å². The van der Waals surface area contributed by atoms with Crippen LogP contribution in [0, 0.1) is 0 Å². The summed E-state index contributed by atoms with van der Waals surface area (Å²) >= 11 is 3.11. The number of halogens is 1. The van der Waals surface area contributed by atoms with Crippen molar-refractivity contribution in [2.24, 2.45) is 0 Å². The molecule has 0 saturated carbocycles.